The summed E-state index contributed by atoms with van der Waals surface area (Å²) in [6.07, 6.45) is 8.56. The number of likely N-dealkylation sites (N-methyl/N-ethyl adjacent to an activating group) is 1. The fourth-order valence-electron chi connectivity index (χ4n) is 4.09. The monoisotopic (exact) mass is 296 g/mol. The minimum Gasteiger partial charge on any atom is -0.377 e. The lowest BCUT2D eigenvalue weighted by Gasteiger charge is -2.43. The summed E-state index contributed by atoms with van der Waals surface area (Å²) < 4.78 is 5.77. The normalized spacial score (nSPS) is 30.0. The summed E-state index contributed by atoms with van der Waals surface area (Å²) in [6, 6.07) is 0.610. The highest BCUT2D eigenvalue weighted by Crippen LogP contribution is 2.38. The molecule has 2 atom stereocenters. The summed E-state index contributed by atoms with van der Waals surface area (Å²) in [6.45, 7) is 12.4. The lowest BCUT2D eigenvalue weighted by Crippen LogP contribution is -2.51. The maximum atomic E-state index is 5.77. The molecule has 2 fully saturated rings. The van der Waals surface area contributed by atoms with Gasteiger partial charge in [-0.25, -0.2) is 0 Å². The van der Waals surface area contributed by atoms with Gasteiger partial charge in [-0.05, 0) is 59.4 Å². The number of nitrogens with zero attached hydrogens (tertiary/aromatic N) is 1. The maximum Gasteiger partial charge on any atom is 0.0702 e. The average molecular weight is 296 g/mol. The number of hydrogen-bond acceptors (Lipinski definition) is 3. The van der Waals surface area contributed by atoms with Crippen molar-refractivity contribution in [2.45, 2.75) is 83.9 Å². The minimum atomic E-state index is 0.215. The van der Waals surface area contributed by atoms with Crippen LogP contribution in [0.5, 0.6) is 0 Å². The van der Waals surface area contributed by atoms with Crippen molar-refractivity contribution in [1.82, 2.24) is 10.2 Å². The molecule has 1 N–H and O–H groups in total. The number of hydrogen-bond donors (Lipinski definition) is 1. The van der Waals surface area contributed by atoms with Gasteiger partial charge in [0.15, 0.2) is 0 Å². The first-order chi connectivity index (χ1) is 9.81. The van der Waals surface area contributed by atoms with Gasteiger partial charge in [-0.15, -0.1) is 0 Å². The van der Waals surface area contributed by atoms with E-state index in [1.165, 1.54) is 45.1 Å². The lowest BCUT2D eigenvalue weighted by atomic mass is 9.73. The first-order valence-electron chi connectivity index (χ1n) is 8.88. The highest BCUT2D eigenvalue weighted by atomic mass is 16.5. The molecule has 2 aliphatic rings. The molecule has 0 aromatic carbocycles. The molecule has 124 valence electrons. The molecule has 2 rings (SSSR count). The van der Waals surface area contributed by atoms with E-state index >= 15 is 0 Å². The van der Waals surface area contributed by atoms with E-state index in [4.69, 9.17) is 4.74 Å². The molecule has 1 aliphatic carbocycles. The molecule has 21 heavy (non-hydrogen) atoms. The zero-order chi connectivity index (χ0) is 15.5. The standard InChI is InChI=1S/C18H36N2O/c1-15-16(9-12-21-15)20(5)14-18(10-7-6-8-11-18)13-19-17(2,3)4/h15-16,19H,6-14H2,1-5H3. The van der Waals surface area contributed by atoms with Crippen LogP contribution in [0.2, 0.25) is 0 Å². The minimum absolute atomic E-state index is 0.215. The molecule has 3 heteroatoms. The molecule has 1 aliphatic heterocycles. The van der Waals surface area contributed by atoms with Gasteiger partial charge in [0.2, 0.25) is 0 Å². The fraction of sp³-hybridized carbons (Fsp3) is 1.00. The first kappa shape index (κ1) is 17.2. The third-order valence-electron chi connectivity index (χ3n) is 5.40. The summed E-state index contributed by atoms with van der Waals surface area (Å²) in [5.74, 6) is 0. The number of nitrogens with one attached hydrogen (secondary N) is 1. The summed E-state index contributed by atoms with van der Waals surface area (Å²) in [7, 11) is 2.31. The van der Waals surface area contributed by atoms with Crippen LogP contribution in [0.1, 0.15) is 66.2 Å². The molecule has 1 heterocycles. The summed E-state index contributed by atoms with van der Waals surface area (Å²) in [5.41, 5.74) is 0.676. The van der Waals surface area contributed by atoms with Gasteiger partial charge < -0.3 is 15.0 Å². The Labute approximate surface area is 131 Å². The van der Waals surface area contributed by atoms with Crippen molar-refractivity contribution in [3.05, 3.63) is 0 Å². The summed E-state index contributed by atoms with van der Waals surface area (Å²) in [4.78, 5) is 2.59. The van der Waals surface area contributed by atoms with E-state index in [9.17, 15) is 0 Å². The fourth-order valence-corrected chi connectivity index (χ4v) is 4.09. The molecule has 3 nitrogen and oxygen atoms in total. The van der Waals surface area contributed by atoms with Gasteiger partial charge in [-0.3, -0.25) is 0 Å². The van der Waals surface area contributed by atoms with E-state index in [0.717, 1.165) is 13.2 Å². The number of ether oxygens (including phenoxy) is 1. The smallest absolute Gasteiger partial charge is 0.0702 e. The van der Waals surface area contributed by atoms with E-state index in [-0.39, 0.29) is 5.54 Å². The Bertz CT molecular complexity index is 318. The Morgan fingerprint density at radius 2 is 1.86 bits per heavy atom. The maximum absolute atomic E-state index is 5.77. The SMILES string of the molecule is CC1OCCC1N(C)CC1(CNC(C)(C)C)CCCCC1. The van der Waals surface area contributed by atoms with Gasteiger partial charge in [0.1, 0.15) is 0 Å². The van der Waals surface area contributed by atoms with Gasteiger partial charge >= 0.3 is 0 Å². The molecule has 0 radical (unpaired) electrons. The van der Waals surface area contributed by atoms with Crippen LogP contribution in [0, 0.1) is 5.41 Å². The van der Waals surface area contributed by atoms with Crippen molar-refractivity contribution in [2.75, 3.05) is 26.7 Å². The molecule has 0 bridgehead atoms. The topological polar surface area (TPSA) is 24.5 Å². The van der Waals surface area contributed by atoms with Crippen LogP contribution in [0.15, 0.2) is 0 Å². The van der Waals surface area contributed by atoms with Crippen LogP contribution in [0.25, 0.3) is 0 Å². The predicted octanol–water partition coefficient (Wildman–Crippen LogP) is 3.43. The van der Waals surface area contributed by atoms with Gasteiger partial charge in [-0.1, -0.05) is 19.3 Å². The third kappa shape index (κ3) is 4.94. The van der Waals surface area contributed by atoms with Gasteiger partial charge in [0.25, 0.3) is 0 Å². The molecule has 0 aromatic rings. The van der Waals surface area contributed by atoms with Crippen LogP contribution >= 0.6 is 0 Å². The van der Waals surface area contributed by atoms with Crippen molar-refractivity contribution in [3.8, 4) is 0 Å². The van der Waals surface area contributed by atoms with E-state index in [2.05, 4.69) is 45.0 Å². The summed E-state index contributed by atoms with van der Waals surface area (Å²) in [5, 5.41) is 3.78. The molecular formula is C18H36N2O. The van der Waals surface area contributed by atoms with Crippen molar-refractivity contribution < 1.29 is 4.74 Å². The Morgan fingerprint density at radius 1 is 1.19 bits per heavy atom. The Balaban J connectivity index is 1.98. The van der Waals surface area contributed by atoms with E-state index in [0.29, 0.717) is 17.6 Å². The zero-order valence-corrected chi connectivity index (χ0v) is 14.9. The molecule has 0 amide bonds. The molecule has 0 spiro atoms. The molecule has 0 aromatic heterocycles. The second kappa shape index (κ2) is 6.97. The molecular weight excluding hydrogens is 260 g/mol. The number of rotatable bonds is 5. The van der Waals surface area contributed by atoms with Crippen LogP contribution in [-0.4, -0.2) is 49.3 Å². The molecule has 1 saturated carbocycles. The molecule has 1 saturated heterocycles. The zero-order valence-electron chi connectivity index (χ0n) is 14.9. The van der Waals surface area contributed by atoms with Crippen molar-refractivity contribution >= 4 is 0 Å². The third-order valence-corrected chi connectivity index (χ3v) is 5.40. The van der Waals surface area contributed by atoms with E-state index < -0.39 is 0 Å². The van der Waals surface area contributed by atoms with Crippen molar-refractivity contribution in [3.63, 3.8) is 0 Å². The second-order valence-corrected chi connectivity index (χ2v) is 8.51. The largest absolute Gasteiger partial charge is 0.377 e. The average Bonchev–Trinajstić information content (AvgIpc) is 2.83. The highest BCUT2D eigenvalue weighted by Gasteiger charge is 2.37. The van der Waals surface area contributed by atoms with Crippen LogP contribution in [0.4, 0.5) is 0 Å². The summed E-state index contributed by atoms with van der Waals surface area (Å²) >= 11 is 0. The van der Waals surface area contributed by atoms with Gasteiger partial charge in [-0.2, -0.15) is 0 Å². The Hall–Kier alpha value is -0.120. The van der Waals surface area contributed by atoms with Crippen LogP contribution in [-0.2, 0) is 4.74 Å². The van der Waals surface area contributed by atoms with Crippen LogP contribution < -0.4 is 5.32 Å². The van der Waals surface area contributed by atoms with Gasteiger partial charge in [0.05, 0.1) is 6.10 Å². The Morgan fingerprint density at radius 3 is 2.38 bits per heavy atom. The molecule has 2 unspecified atom stereocenters. The predicted molar refractivity (Wildman–Crippen MR) is 89.7 cm³/mol. The van der Waals surface area contributed by atoms with E-state index in [1.54, 1.807) is 0 Å². The van der Waals surface area contributed by atoms with Crippen molar-refractivity contribution in [1.29, 1.82) is 0 Å². The van der Waals surface area contributed by atoms with E-state index in [1.807, 2.05) is 0 Å². The Kier molecular flexibility index (Phi) is 5.72. The second-order valence-electron chi connectivity index (χ2n) is 8.51. The highest BCUT2D eigenvalue weighted by molar-refractivity contribution is 4.92. The van der Waals surface area contributed by atoms with Crippen LogP contribution in [0.3, 0.4) is 0 Å². The van der Waals surface area contributed by atoms with Crippen molar-refractivity contribution in [2.24, 2.45) is 5.41 Å². The van der Waals surface area contributed by atoms with Gasteiger partial charge in [0, 0.05) is 31.3 Å². The lowest BCUT2D eigenvalue weighted by molar-refractivity contribution is 0.0478. The quantitative estimate of drug-likeness (QED) is 0.841. The first-order valence-corrected chi connectivity index (χ1v) is 8.88.